The quantitative estimate of drug-likeness (QED) is 0.797. The molecule has 14 heavy (non-hydrogen) atoms. The minimum Gasteiger partial charge on any atom is -0.497 e. The summed E-state index contributed by atoms with van der Waals surface area (Å²) in [6.45, 7) is 3.66. The van der Waals surface area contributed by atoms with Crippen LogP contribution >= 0.6 is 0 Å². The Hall–Kier alpha value is -1.28. The lowest BCUT2D eigenvalue weighted by atomic mass is 10.1. The molecule has 0 aliphatic heterocycles. The van der Waals surface area contributed by atoms with E-state index in [1.807, 2.05) is 37.3 Å². The number of aliphatic hydroxyl groups is 1. The van der Waals surface area contributed by atoms with Crippen LogP contribution in [0.1, 0.15) is 19.4 Å². The summed E-state index contributed by atoms with van der Waals surface area (Å²) in [5, 5.41) is 9.31. The van der Waals surface area contributed by atoms with Crippen molar-refractivity contribution in [3.63, 3.8) is 0 Å². The Morgan fingerprint density at radius 1 is 1.50 bits per heavy atom. The fourth-order valence-corrected chi connectivity index (χ4v) is 1.11. The highest BCUT2D eigenvalue weighted by atomic mass is 16.5. The van der Waals surface area contributed by atoms with Crippen LogP contribution in [-0.2, 0) is 0 Å². The predicted molar refractivity (Wildman–Crippen MR) is 58.3 cm³/mol. The molecule has 0 spiro atoms. The highest BCUT2D eigenvalue weighted by molar-refractivity contribution is 5.55. The third-order valence-electron chi connectivity index (χ3n) is 2.15. The van der Waals surface area contributed by atoms with Crippen molar-refractivity contribution in [2.75, 3.05) is 7.11 Å². The van der Waals surface area contributed by atoms with Gasteiger partial charge in [0.15, 0.2) is 0 Å². The Labute approximate surface area is 84.8 Å². The normalized spacial score (nSPS) is 13.9. The van der Waals surface area contributed by atoms with Gasteiger partial charge in [0.1, 0.15) is 5.75 Å². The Bertz CT molecular complexity index is 327. The van der Waals surface area contributed by atoms with Gasteiger partial charge in [0, 0.05) is 0 Å². The van der Waals surface area contributed by atoms with Crippen molar-refractivity contribution in [3.8, 4) is 5.75 Å². The number of rotatable bonds is 3. The van der Waals surface area contributed by atoms with Crippen LogP contribution in [0.3, 0.4) is 0 Å². The molecule has 1 aromatic rings. The zero-order valence-corrected chi connectivity index (χ0v) is 8.82. The van der Waals surface area contributed by atoms with Crippen molar-refractivity contribution in [2.45, 2.75) is 20.0 Å². The molecule has 0 fully saturated rings. The molecule has 0 bridgehead atoms. The zero-order chi connectivity index (χ0) is 10.6. The maximum atomic E-state index is 9.31. The number of hydrogen-bond acceptors (Lipinski definition) is 2. The van der Waals surface area contributed by atoms with Crippen LogP contribution in [0.15, 0.2) is 29.8 Å². The van der Waals surface area contributed by atoms with E-state index in [1.54, 1.807) is 14.0 Å². The summed E-state index contributed by atoms with van der Waals surface area (Å²) >= 11 is 0. The van der Waals surface area contributed by atoms with Crippen molar-refractivity contribution >= 4 is 6.08 Å². The summed E-state index contributed by atoms with van der Waals surface area (Å²) < 4.78 is 5.11. The van der Waals surface area contributed by atoms with Crippen molar-refractivity contribution in [1.29, 1.82) is 0 Å². The van der Waals surface area contributed by atoms with Gasteiger partial charge in [-0.1, -0.05) is 18.2 Å². The molecule has 2 heteroatoms. The monoisotopic (exact) mass is 192 g/mol. The van der Waals surface area contributed by atoms with Crippen molar-refractivity contribution < 1.29 is 9.84 Å². The van der Waals surface area contributed by atoms with Gasteiger partial charge in [-0.15, -0.1) is 0 Å². The standard InChI is InChI=1S/C12H16O2/c1-9(10(2)13)7-11-5-4-6-12(8-11)14-3/h4-8,10,13H,1-3H3/b9-7+. The van der Waals surface area contributed by atoms with E-state index in [0.29, 0.717) is 0 Å². The van der Waals surface area contributed by atoms with Gasteiger partial charge in [0.25, 0.3) is 0 Å². The van der Waals surface area contributed by atoms with E-state index in [9.17, 15) is 5.11 Å². The molecule has 1 rings (SSSR count). The minimum atomic E-state index is -0.402. The second-order valence-electron chi connectivity index (χ2n) is 3.34. The molecule has 1 atom stereocenters. The van der Waals surface area contributed by atoms with Crippen LogP contribution in [0.25, 0.3) is 6.08 Å². The van der Waals surface area contributed by atoms with Crippen LogP contribution in [0.2, 0.25) is 0 Å². The molecule has 0 heterocycles. The molecule has 0 aliphatic carbocycles. The Kier molecular flexibility index (Phi) is 3.72. The fourth-order valence-electron chi connectivity index (χ4n) is 1.11. The van der Waals surface area contributed by atoms with Crippen LogP contribution in [0.4, 0.5) is 0 Å². The van der Waals surface area contributed by atoms with Gasteiger partial charge >= 0.3 is 0 Å². The van der Waals surface area contributed by atoms with E-state index in [2.05, 4.69) is 0 Å². The molecule has 76 valence electrons. The molecule has 0 saturated carbocycles. The molecular weight excluding hydrogens is 176 g/mol. The SMILES string of the molecule is COc1cccc(/C=C(\C)C(C)O)c1. The Morgan fingerprint density at radius 2 is 2.21 bits per heavy atom. The van der Waals surface area contributed by atoms with Crippen LogP contribution in [0, 0.1) is 0 Å². The molecule has 2 nitrogen and oxygen atoms in total. The first kappa shape index (κ1) is 10.8. The van der Waals surface area contributed by atoms with E-state index in [4.69, 9.17) is 4.74 Å². The largest absolute Gasteiger partial charge is 0.497 e. The summed E-state index contributed by atoms with van der Waals surface area (Å²) in [7, 11) is 1.64. The van der Waals surface area contributed by atoms with Crippen LogP contribution < -0.4 is 4.74 Å². The van der Waals surface area contributed by atoms with Gasteiger partial charge in [-0.05, 0) is 37.1 Å². The van der Waals surface area contributed by atoms with E-state index >= 15 is 0 Å². The van der Waals surface area contributed by atoms with Gasteiger partial charge < -0.3 is 9.84 Å². The van der Waals surface area contributed by atoms with Crippen molar-refractivity contribution in [2.24, 2.45) is 0 Å². The molecular formula is C12H16O2. The van der Waals surface area contributed by atoms with Crippen LogP contribution in [-0.4, -0.2) is 18.3 Å². The van der Waals surface area contributed by atoms with E-state index < -0.39 is 6.10 Å². The maximum Gasteiger partial charge on any atom is 0.119 e. The van der Waals surface area contributed by atoms with Gasteiger partial charge in [0.2, 0.25) is 0 Å². The number of ether oxygens (including phenoxy) is 1. The fraction of sp³-hybridized carbons (Fsp3) is 0.333. The van der Waals surface area contributed by atoms with Crippen LogP contribution in [0.5, 0.6) is 5.75 Å². The van der Waals surface area contributed by atoms with Gasteiger partial charge in [-0.3, -0.25) is 0 Å². The molecule has 1 aromatic carbocycles. The lowest BCUT2D eigenvalue weighted by Crippen LogP contribution is -2.00. The number of methoxy groups -OCH3 is 1. The van der Waals surface area contributed by atoms with E-state index in [-0.39, 0.29) is 0 Å². The van der Waals surface area contributed by atoms with Gasteiger partial charge in [0.05, 0.1) is 13.2 Å². The topological polar surface area (TPSA) is 29.5 Å². The lowest BCUT2D eigenvalue weighted by molar-refractivity contribution is 0.232. The molecule has 0 aliphatic rings. The molecule has 0 saturated heterocycles. The maximum absolute atomic E-state index is 9.31. The van der Waals surface area contributed by atoms with Crippen molar-refractivity contribution in [1.82, 2.24) is 0 Å². The summed E-state index contributed by atoms with van der Waals surface area (Å²) in [5.74, 6) is 0.831. The third-order valence-corrected chi connectivity index (χ3v) is 2.15. The number of aliphatic hydroxyl groups excluding tert-OH is 1. The molecule has 1 N–H and O–H groups in total. The summed E-state index contributed by atoms with van der Waals surface area (Å²) in [6.07, 6.45) is 1.55. The molecule has 1 unspecified atom stereocenters. The third kappa shape index (κ3) is 2.89. The average molecular weight is 192 g/mol. The van der Waals surface area contributed by atoms with E-state index in [1.165, 1.54) is 0 Å². The second-order valence-corrected chi connectivity index (χ2v) is 3.34. The average Bonchev–Trinajstić information content (AvgIpc) is 2.18. The minimum absolute atomic E-state index is 0.402. The highest BCUT2D eigenvalue weighted by Crippen LogP contribution is 2.16. The number of hydrogen-bond donors (Lipinski definition) is 1. The molecule has 0 radical (unpaired) electrons. The Balaban J connectivity index is 2.91. The first-order valence-electron chi connectivity index (χ1n) is 4.64. The summed E-state index contributed by atoms with van der Waals surface area (Å²) in [4.78, 5) is 0. The molecule has 0 aromatic heterocycles. The second kappa shape index (κ2) is 4.82. The van der Waals surface area contributed by atoms with Gasteiger partial charge in [-0.25, -0.2) is 0 Å². The van der Waals surface area contributed by atoms with E-state index in [0.717, 1.165) is 16.9 Å². The summed E-state index contributed by atoms with van der Waals surface area (Å²) in [5.41, 5.74) is 1.99. The number of benzene rings is 1. The first-order chi connectivity index (χ1) is 6.63. The lowest BCUT2D eigenvalue weighted by Gasteiger charge is -2.05. The predicted octanol–water partition coefficient (Wildman–Crippen LogP) is 2.48. The molecule has 0 amide bonds. The Morgan fingerprint density at radius 3 is 2.79 bits per heavy atom. The highest BCUT2D eigenvalue weighted by Gasteiger charge is 1.98. The van der Waals surface area contributed by atoms with Crippen molar-refractivity contribution in [3.05, 3.63) is 35.4 Å². The smallest absolute Gasteiger partial charge is 0.119 e. The zero-order valence-electron chi connectivity index (χ0n) is 8.82. The summed E-state index contributed by atoms with van der Waals surface area (Å²) in [6, 6.07) is 7.75. The van der Waals surface area contributed by atoms with Gasteiger partial charge in [-0.2, -0.15) is 0 Å². The first-order valence-corrected chi connectivity index (χ1v) is 4.64.